The Hall–Kier alpha value is -2.44. The number of hydrogen-bond donors (Lipinski definition) is 3. The maximum Gasteiger partial charge on any atom is 0.274 e. The molecule has 3 rings (SSSR count). The first kappa shape index (κ1) is 19.3. The predicted octanol–water partition coefficient (Wildman–Crippen LogP) is 2.15. The van der Waals surface area contributed by atoms with Gasteiger partial charge in [0.05, 0.1) is 5.41 Å². The highest BCUT2D eigenvalue weighted by Gasteiger charge is 2.38. The zero-order valence-corrected chi connectivity index (χ0v) is 15.4. The van der Waals surface area contributed by atoms with E-state index in [0.717, 1.165) is 32.5 Å². The molecule has 1 aromatic carbocycles. The third kappa shape index (κ3) is 4.64. The molecule has 144 valence electrons. The van der Waals surface area contributed by atoms with Gasteiger partial charge in [-0.25, -0.2) is 5.48 Å². The molecule has 1 fully saturated rings. The van der Waals surface area contributed by atoms with Crippen LogP contribution in [0.15, 0.2) is 54.1 Å². The van der Waals surface area contributed by atoms with Crippen LogP contribution in [-0.2, 0) is 16.1 Å². The molecule has 1 aliphatic carbocycles. The Kier molecular flexibility index (Phi) is 6.08. The van der Waals surface area contributed by atoms with Crippen molar-refractivity contribution in [1.82, 2.24) is 10.4 Å². The van der Waals surface area contributed by atoms with E-state index in [2.05, 4.69) is 29.2 Å². The Morgan fingerprint density at radius 3 is 2.48 bits per heavy atom. The summed E-state index contributed by atoms with van der Waals surface area (Å²) < 4.78 is 0. The lowest BCUT2D eigenvalue weighted by Gasteiger charge is -2.37. The van der Waals surface area contributed by atoms with Gasteiger partial charge >= 0.3 is 0 Å². The van der Waals surface area contributed by atoms with Gasteiger partial charge in [0.15, 0.2) is 0 Å². The van der Waals surface area contributed by atoms with Crippen LogP contribution in [0, 0.1) is 11.3 Å². The summed E-state index contributed by atoms with van der Waals surface area (Å²) in [5, 5.41) is 8.75. The minimum absolute atomic E-state index is 0.354. The number of benzene rings is 1. The molecule has 1 heterocycles. The van der Waals surface area contributed by atoms with Crippen molar-refractivity contribution >= 4 is 11.8 Å². The molecule has 0 aromatic heterocycles. The topological polar surface area (TPSA) is 95.7 Å². The van der Waals surface area contributed by atoms with Gasteiger partial charge in [0.25, 0.3) is 5.91 Å². The number of piperidine rings is 1. The van der Waals surface area contributed by atoms with E-state index in [4.69, 9.17) is 10.9 Å². The predicted molar refractivity (Wildman–Crippen MR) is 102 cm³/mol. The molecule has 2 amide bonds. The molecule has 27 heavy (non-hydrogen) atoms. The highest BCUT2D eigenvalue weighted by atomic mass is 16.5. The van der Waals surface area contributed by atoms with E-state index in [1.165, 1.54) is 5.56 Å². The number of likely N-dealkylation sites (tertiary alicyclic amines) is 1. The van der Waals surface area contributed by atoms with Gasteiger partial charge in [-0.15, -0.1) is 0 Å². The summed E-state index contributed by atoms with van der Waals surface area (Å²) in [4.78, 5) is 26.2. The van der Waals surface area contributed by atoms with Gasteiger partial charge in [-0.05, 0) is 50.3 Å². The van der Waals surface area contributed by atoms with Crippen molar-refractivity contribution in [1.29, 1.82) is 0 Å². The number of allylic oxidation sites excluding steroid dienone is 1. The molecule has 1 saturated heterocycles. The largest absolute Gasteiger partial charge is 0.369 e. The van der Waals surface area contributed by atoms with E-state index >= 15 is 0 Å². The summed E-state index contributed by atoms with van der Waals surface area (Å²) in [6.45, 7) is 2.97. The number of nitrogens with zero attached hydrogens (tertiary/aromatic N) is 1. The van der Waals surface area contributed by atoms with Crippen LogP contribution in [0.3, 0.4) is 0 Å². The monoisotopic (exact) mass is 369 g/mol. The third-order valence-electron chi connectivity index (χ3n) is 5.73. The van der Waals surface area contributed by atoms with Crippen molar-refractivity contribution in [2.75, 3.05) is 13.1 Å². The van der Waals surface area contributed by atoms with E-state index < -0.39 is 11.3 Å². The van der Waals surface area contributed by atoms with Crippen molar-refractivity contribution in [2.24, 2.45) is 17.1 Å². The first-order valence-corrected chi connectivity index (χ1v) is 9.42. The summed E-state index contributed by atoms with van der Waals surface area (Å²) in [6, 6.07) is 10.4. The fraction of sp³-hybridized carbons (Fsp3) is 0.429. The van der Waals surface area contributed by atoms with Crippen LogP contribution in [0.4, 0.5) is 0 Å². The molecule has 6 nitrogen and oxygen atoms in total. The van der Waals surface area contributed by atoms with Crippen molar-refractivity contribution in [3.63, 3.8) is 0 Å². The molecule has 0 bridgehead atoms. The zero-order chi connectivity index (χ0) is 19.3. The maximum atomic E-state index is 12.2. The van der Waals surface area contributed by atoms with Gasteiger partial charge in [0, 0.05) is 12.1 Å². The summed E-state index contributed by atoms with van der Waals surface area (Å²) in [7, 11) is 0. The quantitative estimate of drug-likeness (QED) is 0.529. The molecular formula is C21H27N3O3. The van der Waals surface area contributed by atoms with Gasteiger partial charge in [-0.3, -0.25) is 19.7 Å². The number of primary amides is 1. The smallest absolute Gasteiger partial charge is 0.274 e. The lowest BCUT2D eigenvalue weighted by atomic mass is 9.71. The van der Waals surface area contributed by atoms with Gasteiger partial charge in [0.2, 0.25) is 5.91 Å². The second-order valence-corrected chi connectivity index (χ2v) is 7.57. The number of carbonyl (C=O) groups excluding carboxylic acids is 2. The van der Waals surface area contributed by atoms with E-state index in [0.29, 0.717) is 24.3 Å². The van der Waals surface area contributed by atoms with Crippen LogP contribution >= 0.6 is 0 Å². The maximum absolute atomic E-state index is 12.2. The fourth-order valence-corrected chi connectivity index (χ4v) is 4.05. The number of amides is 2. The first-order valence-electron chi connectivity index (χ1n) is 9.42. The van der Waals surface area contributed by atoms with Gasteiger partial charge in [-0.1, -0.05) is 48.6 Å². The average Bonchev–Trinajstić information content (AvgIpc) is 2.70. The number of nitrogens with two attached hydrogens (primary N) is 1. The molecule has 6 heteroatoms. The number of rotatable bonds is 6. The van der Waals surface area contributed by atoms with Gasteiger partial charge in [0.1, 0.15) is 0 Å². The molecule has 1 unspecified atom stereocenters. The van der Waals surface area contributed by atoms with Gasteiger partial charge < -0.3 is 5.73 Å². The summed E-state index contributed by atoms with van der Waals surface area (Å²) in [6.07, 6.45) is 8.17. The van der Waals surface area contributed by atoms with Crippen molar-refractivity contribution < 1.29 is 14.8 Å². The number of carbonyl (C=O) groups is 2. The number of hydrogen-bond acceptors (Lipinski definition) is 4. The molecule has 0 saturated carbocycles. The molecule has 1 atom stereocenters. The summed E-state index contributed by atoms with van der Waals surface area (Å²) in [5.41, 5.74) is 8.27. The Morgan fingerprint density at radius 1 is 1.22 bits per heavy atom. The zero-order valence-electron chi connectivity index (χ0n) is 15.4. The van der Waals surface area contributed by atoms with Crippen LogP contribution in [0.1, 0.15) is 31.2 Å². The normalized spacial score (nSPS) is 23.7. The summed E-state index contributed by atoms with van der Waals surface area (Å²) in [5.74, 6) is -0.500. The minimum Gasteiger partial charge on any atom is -0.369 e. The molecule has 1 aliphatic heterocycles. The Balaban J connectivity index is 1.56. The van der Waals surface area contributed by atoms with Crippen LogP contribution in [0.25, 0.3) is 0 Å². The Morgan fingerprint density at radius 2 is 1.93 bits per heavy atom. The highest BCUT2D eigenvalue weighted by Crippen LogP contribution is 2.39. The van der Waals surface area contributed by atoms with E-state index in [9.17, 15) is 9.59 Å². The van der Waals surface area contributed by atoms with Crippen LogP contribution in [0.2, 0.25) is 0 Å². The third-order valence-corrected chi connectivity index (χ3v) is 5.73. The molecule has 0 spiro atoms. The van der Waals surface area contributed by atoms with E-state index in [1.807, 2.05) is 6.07 Å². The van der Waals surface area contributed by atoms with Crippen molar-refractivity contribution in [3.8, 4) is 0 Å². The minimum atomic E-state index is -0.745. The van der Waals surface area contributed by atoms with Crippen molar-refractivity contribution in [2.45, 2.75) is 32.2 Å². The van der Waals surface area contributed by atoms with E-state index in [1.54, 1.807) is 23.7 Å². The second kappa shape index (κ2) is 8.50. The lowest BCUT2D eigenvalue weighted by molar-refractivity contribution is -0.127. The highest BCUT2D eigenvalue weighted by molar-refractivity contribution is 5.96. The SMILES string of the molecule is NC(=O)C1(CC2CCN(Cc3ccccc3)CC2)C=CC(C(=O)NO)=CC1. The summed E-state index contributed by atoms with van der Waals surface area (Å²) >= 11 is 0. The number of nitrogens with one attached hydrogen (secondary N) is 1. The molecule has 2 aliphatic rings. The first-order chi connectivity index (χ1) is 13.0. The van der Waals surface area contributed by atoms with Gasteiger partial charge in [-0.2, -0.15) is 0 Å². The van der Waals surface area contributed by atoms with Crippen LogP contribution in [-0.4, -0.2) is 35.0 Å². The van der Waals surface area contributed by atoms with Crippen LogP contribution in [0.5, 0.6) is 0 Å². The fourth-order valence-electron chi connectivity index (χ4n) is 4.05. The van der Waals surface area contributed by atoms with Crippen molar-refractivity contribution in [3.05, 3.63) is 59.7 Å². The average molecular weight is 369 g/mol. The number of hydroxylamine groups is 1. The molecule has 4 N–H and O–H groups in total. The van der Waals surface area contributed by atoms with Crippen LogP contribution < -0.4 is 11.2 Å². The Bertz CT molecular complexity index is 736. The molecule has 0 radical (unpaired) electrons. The molecular weight excluding hydrogens is 342 g/mol. The Labute approximate surface area is 159 Å². The molecule has 1 aromatic rings. The second-order valence-electron chi connectivity index (χ2n) is 7.57. The lowest BCUT2D eigenvalue weighted by Crippen LogP contribution is -2.41. The standard InChI is InChI=1S/C21H27N3O3/c22-20(26)21(10-6-18(7-11-21)19(25)23-27)14-16-8-12-24(13-9-16)15-17-4-2-1-3-5-17/h1-7,10,16,27H,8-9,11-15H2,(H2,22,26)(H,23,25). The van der Waals surface area contributed by atoms with E-state index in [-0.39, 0.29) is 5.91 Å².